The van der Waals surface area contributed by atoms with Gasteiger partial charge in [-0.25, -0.2) is 4.39 Å². The zero-order valence-corrected chi connectivity index (χ0v) is 13.0. The van der Waals surface area contributed by atoms with E-state index in [0.29, 0.717) is 17.5 Å². The van der Waals surface area contributed by atoms with Crippen molar-refractivity contribution in [3.05, 3.63) is 28.2 Å². The van der Waals surface area contributed by atoms with Crippen LogP contribution in [0.1, 0.15) is 20.3 Å². The van der Waals surface area contributed by atoms with E-state index in [2.05, 4.69) is 21.2 Å². The number of hydrogen-bond donors (Lipinski definition) is 1. The molecule has 0 radical (unpaired) electrons. The first-order chi connectivity index (χ1) is 9.56. The molecular weight excluding hydrogens is 332 g/mol. The Hall–Kier alpha value is -0.720. The monoisotopic (exact) mass is 349 g/mol. The van der Waals surface area contributed by atoms with Crippen molar-refractivity contribution in [2.75, 3.05) is 13.2 Å². The third-order valence-corrected chi connectivity index (χ3v) is 3.77. The summed E-state index contributed by atoms with van der Waals surface area (Å²) in [6.45, 7) is 5.31. The summed E-state index contributed by atoms with van der Waals surface area (Å²) >= 11 is 3.13. The summed E-state index contributed by atoms with van der Waals surface area (Å²) in [6.07, 6.45) is 0.315. The SMILES string of the molecule is CCNC1CC(Oc2cc(Br)cc(F)c2F)C1OCC. The Balaban J connectivity index is 2.07. The number of halogens is 3. The van der Waals surface area contributed by atoms with Gasteiger partial charge in [0.25, 0.3) is 0 Å². The van der Waals surface area contributed by atoms with Crippen molar-refractivity contribution in [1.82, 2.24) is 5.32 Å². The summed E-state index contributed by atoms with van der Waals surface area (Å²) in [7, 11) is 0. The lowest BCUT2D eigenvalue weighted by Crippen LogP contribution is -2.61. The van der Waals surface area contributed by atoms with E-state index < -0.39 is 11.6 Å². The molecule has 1 aliphatic rings. The van der Waals surface area contributed by atoms with Gasteiger partial charge in [0, 0.05) is 23.5 Å². The van der Waals surface area contributed by atoms with Gasteiger partial charge in [0.05, 0.1) is 0 Å². The average Bonchev–Trinajstić information content (AvgIpc) is 2.40. The van der Waals surface area contributed by atoms with Crippen molar-refractivity contribution in [2.24, 2.45) is 0 Å². The molecule has 3 atom stereocenters. The van der Waals surface area contributed by atoms with Crippen LogP contribution in [-0.2, 0) is 4.74 Å². The maximum atomic E-state index is 13.7. The van der Waals surface area contributed by atoms with Crippen molar-refractivity contribution in [3.8, 4) is 5.75 Å². The summed E-state index contributed by atoms with van der Waals surface area (Å²) in [6, 6.07) is 2.71. The Morgan fingerprint density at radius 3 is 2.75 bits per heavy atom. The molecule has 112 valence electrons. The van der Waals surface area contributed by atoms with Gasteiger partial charge in [-0.15, -0.1) is 0 Å². The number of nitrogens with one attached hydrogen (secondary N) is 1. The lowest BCUT2D eigenvalue weighted by Gasteiger charge is -2.44. The van der Waals surface area contributed by atoms with Gasteiger partial charge in [-0.05, 0) is 25.6 Å². The summed E-state index contributed by atoms with van der Waals surface area (Å²) in [5, 5.41) is 3.29. The smallest absolute Gasteiger partial charge is 0.200 e. The van der Waals surface area contributed by atoms with Crippen molar-refractivity contribution < 1.29 is 18.3 Å². The Labute approximate surface area is 125 Å². The van der Waals surface area contributed by atoms with Crippen LogP contribution >= 0.6 is 15.9 Å². The second kappa shape index (κ2) is 6.83. The minimum absolute atomic E-state index is 0.0819. The molecule has 1 aromatic carbocycles. The quantitative estimate of drug-likeness (QED) is 0.799. The fourth-order valence-electron chi connectivity index (χ4n) is 2.36. The minimum Gasteiger partial charge on any atom is -0.484 e. The number of rotatable bonds is 6. The fourth-order valence-corrected chi connectivity index (χ4v) is 2.76. The lowest BCUT2D eigenvalue weighted by molar-refractivity contribution is -0.105. The van der Waals surface area contributed by atoms with E-state index >= 15 is 0 Å². The molecule has 0 aromatic heterocycles. The van der Waals surface area contributed by atoms with E-state index in [1.54, 1.807) is 0 Å². The highest BCUT2D eigenvalue weighted by Crippen LogP contribution is 2.32. The lowest BCUT2D eigenvalue weighted by atomic mass is 9.85. The van der Waals surface area contributed by atoms with Crippen LogP contribution < -0.4 is 10.1 Å². The van der Waals surface area contributed by atoms with E-state index in [-0.39, 0.29) is 24.0 Å². The third-order valence-electron chi connectivity index (χ3n) is 3.31. The maximum Gasteiger partial charge on any atom is 0.200 e. The Kier molecular flexibility index (Phi) is 5.35. The van der Waals surface area contributed by atoms with Crippen molar-refractivity contribution in [1.29, 1.82) is 0 Å². The first-order valence-corrected chi connectivity index (χ1v) is 7.52. The highest BCUT2D eigenvalue weighted by Gasteiger charge is 2.43. The van der Waals surface area contributed by atoms with Crippen molar-refractivity contribution in [2.45, 2.75) is 38.5 Å². The second-order valence-electron chi connectivity index (χ2n) is 4.68. The molecule has 6 heteroatoms. The zero-order valence-electron chi connectivity index (χ0n) is 11.5. The van der Waals surface area contributed by atoms with E-state index in [4.69, 9.17) is 9.47 Å². The molecule has 0 aliphatic heterocycles. The van der Waals surface area contributed by atoms with Crippen LogP contribution in [0.15, 0.2) is 16.6 Å². The molecule has 0 saturated heterocycles. The molecule has 0 spiro atoms. The first-order valence-electron chi connectivity index (χ1n) is 6.73. The van der Waals surface area contributed by atoms with Gasteiger partial charge in [-0.3, -0.25) is 0 Å². The average molecular weight is 350 g/mol. The van der Waals surface area contributed by atoms with Gasteiger partial charge in [0.2, 0.25) is 5.82 Å². The molecule has 1 aromatic rings. The Morgan fingerprint density at radius 2 is 2.10 bits per heavy atom. The molecule has 1 fully saturated rings. The highest BCUT2D eigenvalue weighted by atomic mass is 79.9. The second-order valence-corrected chi connectivity index (χ2v) is 5.59. The van der Waals surface area contributed by atoms with Crippen LogP contribution in [0.2, 0.25) is 0 Å². The van der Waals surface area contributed by atoms with Crippen LogP contribution in [0.5, 0.6) is 5.75 Å². The molecule has 2 rings (SSSR count). The van der Waals surface area contributed by atoms with E-state index in [1.165, 1.54) is 6.07 Å². The van der Waals surface area contributed by atoms with Crippen LogP contribution in [0.3, 0.4) is 0 Å². The minimum atomic E-state index is -0.963. The largest absolute Gasteiger partial charge is 0.484 e. The molecular formula is C14H18BrF2NO2. The highest BCUT2D eigenvalue weighted by molar-refractivity contribution is 9.10. The van der Waals surface area contributed by atoms with Gasteiger partial charge >= 0.3 is 0 Å². The van der Waals surface area contributed by atoms with Crippen LogP contribution in [0.25, 0.3) is 0 Å². The van der Waals surface area contributed by atoms with E-state index in [1.807, 2.05) is 13.8 Å². The summed E-state index contributed by atoms with van der Waals surface area (Å²) in [5.41, 5.74) is 0. The van der Waals surface area contributed by atoms with Gasteiger partial charge in [0.1, 0.15) is 12.2 Å². The molecule has 0 amide bonds. The Morgan fingerprint density at radius 1 is 1.35 bits per heavy atom. The van der Waals surface area contributed by atoms with Crippen LogP contribution in [-0.4, -0.2) is 31.4 Å². The predicted octanol–water partition coefficient (Wildman–Crippen LogP) is 3.26. The molecule has 3 nitrogen and oxygen atoms in total. The number of ether oxygens (including phenoxy) is 2. The summed E-state index contributed by atoms with van der Waals surface area (Å²) < 4.78 is 38.6. The predicted molar refractivity (Wildman–Crippen MR) is 76.0 cm³/mol. The molecule has 0 bridgehead atoms. The standard InChI is InChI=1S/C14H18BrF2NO2/c1-3-18-10-7-12(14(10)19-4-2)20-11-6-8(15)5-9(16)13(11)17/h5-6,10,12,14,18H,3-4,7H2,1-2H3. The summed E-state index contributed by atoms with van der Waals surface area (Å²) in [4.78, 5) is 0. The van der Waals surface area contributed by atoms with Crippen molar-refractivity contribution in [3.63, 3.8) is 0 Å². The van der Waals surface area contributed by atoms with Gasteiger partial charge in [-0.1, -0.05) is 22.9 Å². The normalized spacial score (nSPS) is 25.4. The number of benzene rings is 1. The number of hydrogen-bond acceptors (Lipinski definition) is 3. The van der Waals surface area contributed by atoms with Crippen LogP contribution in [0, 0.1) is 11.6 Å². The molecule has 0 heterocycles. The Bertz CT molecular complexity index is 473. The molecule has 20 heavy (non-hydrogen) atoms. The van der Waals surface area contributed by atoms with Crippen molar-refractivity contribution >= 4 is 15.9 Å². The summed E-state index contributed by atoms with van der Waals surface area (Å²) in [5.74, 6) is -1.97. The fraction of sp³-hybridized carbons (Fsp3) is 0.571. The molecule has 1 aliphatic carbocycles. The van der Waals surface area contributed by atoms with E-state index in [9.17, 15) is 8.78 Å². The molecule has 1 saturated carbocycles. The molecule has 1 N–H and O–H groups in total. The maximum absolute atomic E-state index is 13.7. The number of likely N-dealkylation sites (N-methyl/N-ethyl adjacent to an activating group) is 1. The van der Waals surface area contributed by atoms with Crippen LogP contribution in [0.4, 0.5) is 8.78 Å². The van der Waals surface area contributed by atoms with Gasteiger partial charge in [0.15, 0.2) is 11.6 Å². The van der Waals surface area contributed by atoms with Gasteiger partial charge in [-0.2, -0.15) is 4.39 Å². The molecule has 3 unspecified atom stereocenters. The topological polar surface area (TPSA) is 30.5 Å². The van der Waals surface area contributed by atoms with Gasteiger partial charge < -0.3 is 14.8 Å². The third kappa shape index (κ3) is 3.30. The van der Waals surface area contributed by atoms with E-state index in [0.717, 1.165) is 12.6 Å². The first kappa shape index (κ1) is 15.7. The zero-order chi connectivity index (χ0) is 14.7.